The van der Waals surface area contributed by atoms with E-state index in [2.05, 4.69) is 0 Å². The Morgan fingerprint density at radius 2 is 0.714 bits per heavy atom. The van der Waals surface area contributed by atoms with Gasteiger partial charge in [-0.2, -0.15) is 0 Å². The van der Waals surface area contributed by atoms with Gasteiger partial charge in [-0.15, -0.1) is 0 Å². The molecule has 0 aliphatic rings. The van der Waals surface area contributed by atoms with Crippen molar-refractivity contribution in [3.8, 4) is 0 Å². The number of hydrogen-bond acceptors (Lipinski definition) is 0. The molecule has 4 nitrogen and oxygen atoms in total. The Labute approximate surface area is 48.3 Å². The molecule has 0 aromatic carbocycles. The molecule has 7 heteroatoms. The SMILES string of the molecule is [F][Co+][F].[NH2-].[NH2-].[NH2-].[NH2-]. The molecule has 0 heterocycles. The van der Waals surface area contributed by atoms with Gasteiger partial charge in [0.2, 0.25) is 0 Å². The van der Waals surface area contributed by atoms with Crippen molar-refractivity contribution in [2.24, 2.45) is 0 Å². The van der Waals surface area contributed by atoms with Gasteiger partial charge in [0.15, 0.2) is 0 Å². The fourth-order valence-corrected chi connectivity index (χ4v) is 0. The topological polar surface area (TPSA) is 134 Å². The monoisotopic (exact) mass is 161 g/mol. The molecule has 0 aliphatic heterocycles. The van der Waals surface area contributed by atoms with E-state index in [-0.39, 0.29) is 24.6 Å². The van der Waals surface area contributed by atoms with Crippen LogP contribution in [0, 0.1) is 0 Å². The third kappa shape index (κ3) is 2580. The van der Waals surface area contributed by atoms with Crippen LogP contribution in [0.2, 0.25) is 0 Å². The van der Waals surface area contributed by atoms with Crippen molar-refractivity contribution >= 4 is 0 Å². The van der Waals surface area contributed by atoms with E-state index in [9.17, 15) is 7.16 Å². The van der Waals surface area contributed by atoms with Crippen LogP contribution in [0.1, 0.15) is 0 Å². The van der Waals surface area contributed by atoms with Crippen LogP contribution in [-0.4, -0.2) is 0 Å². The van der Waals surface area contributed by atoms with Crippen LogP contribution >= 0.6 is 0 Å². The molecule has 0 amide bonds. The summed E-state index contributed by atoms with van der Waals surface area (Å²) >= 11 is -1.56. The second-order valence-electron chi connectivity index (χ2n) is 0.0476. The van der Waals surface area contributed by atoms with Gasteiger partial charge in [-0.25, -0.2) is 0 Å². The fraction of sp³-hybridized carbons (Fsp3) is 0. The predicted octanol–water partition coefficient (Wildman–Crippen LogP) is 3.71. The predicted molar refractivity (Wildman–Crippen MR) is 23.4 cm³/mol. The van der Waals surface area contributed by atoms with Crippen LogP contribution in [0.5, 0.6) is 0 Å². The van der Waals surface area contributed by atoms with Crippen LogP contribution < -0.4 is 0 Å². The normalized spacial score (nSPS) is 3.14. The molecule has 0 rings (SSSR count). The summed E-state index contributed by atoms with van der Waals surface area (Å²) in [6, 6.07) is 0. The molecule has 0 atom stereocenters. The van der Waals surface area contributed by atoms with Gasteiger partial charge in [-0.05, 0) is 0 Å². The molecule has 0 aromatic rings. The molecule has 0 aromatic heterocycles. The Morgan fingerprint density at radius 3 is 0.714 bits per heavy atom. The zero-order chi connectivity index (χ0) is 2.71. The summed E-state index contributed by atoms with van der Waals surface area (Å²) in [5.74, 6) is 0. The fourth-order valence-electron chi connectivity index (χ4n) is 0. The number of hydrogen-bond donors (Lipinski definition) is 0. The molecule has 54 valence electrons. The van der Waals surface area contributed by atoms with Gasteiger partial charge in [0.1, 0.15) is 0 Å². The minimum absolute atomic E-state index is 0. The molecule has 0 bridgehead atoms. The summed E-state index contributed by atoms with van der Waals surface area (Å²) in [5, 5.41) is 0. The quantitative estimate of drug-likeness (QED) is 0.511. The van der Waals surface area contributed by atoms with Crippen molar-refractivity contribution in [2.45, 2.75) is 0 Å². The van der Waals surface area contributed by atoms with Crippen LogP contribution in [0.15, 0.2) is 0 Å². The summed E-state index contributed by atoms with van der Waals surface area (Å²) in [6.45, 7) is 0. The van der Waals surface area contributed by atoms with Gasteiger partial charge in [-0.1, -0.05) is 0 Å². The molecule has 0 saturated heterocycles. The minimum atomic E-state index is -1.56. The molecule has 0 unspecified atom stereocenters. The van der Waals surface area contributed by atoms with Crippen molar-refractivity contribution in [2.75, 3.05) is 0 Å². The summed E-state index contributed by atoms with van der Waals surface area (Å²) in [6.07, 6.45) is 0. The Hall–Kier alpha value is 0.206. The molecule has 0 radical (unpaired) electrons. The zero-order valence-corrected chi connectivity index (χ0v) is 4.44. The molecular weight excluding hydrogens is 153 g/mol. The number of halogens is 2. The minimum Gasteiger partial charge on any atom is -0.693 e. The van der Waals surface area contributed by atoms with Gasteiger partial charge in [-0.3, -0.25) is 0 Å². The maximum Gasteiger partial charge on any atom is -0.693 e. The van der Waals surface area contributed by atoms with E-state index in [1.54, 1.807) is 0 Å². The summed E-state index contributed by atoms with van der Waals surface area (Å²) in [5.41, 5.74) is 0. The third-order valence-corrected chi connectivity index (χ3v) is 0. The Kier molecular flexibility index (Phi) is 941. The zero-order valence-electron chi connectivity index (χ0n) is 3.40. The van der Waals surface area contributed by atoms with Crippen LogP contribution in [0.3, 0.4) is 0 Å². The molecular formula is H8CoF2N4-3. The molecule has 0 saturated carbocycles. The number of rotatable bonds is 0. The summed E-state index contributed by atoms with van der Waals surface area (Å²) in [7, 11) is 0. The Bertz CT molecular complexity index is 9.65. The van der Waals surface area contributed by atoms with Crippen molar-refractivity contribution in [1.29, 1.82) is 0 Å². The van der Waals surface area contributed by atoms with E-state index in [1.165, 1.54) is 0 Å². The molecule has 8 N–H and O–H groups in total. The van der Waals surface area contributed by atoms with Crippen molar-refractivity contribution in [3.05, 3.63) is 24.6 Å². The van der Waals surface area contributed by atoms with Crippen molar-refractivity contribution in [3.63, 3.8) is 0 Å². The van der Waals surface area contributed by atoms with E-state index in [0.717, 1.165) is 0 Å². The first kappa shape index (κ1) is 57.0. The van der Waals surface area contributed by atoms with E-state index in [4.69, 9.17) is 0 Å². The average molecular weight is 161 g/mol. The Balaban J connectivity index is -0.00000000333. The van der Waals surface area contributed by atoms with E-state index in [0.29, 0.717) is 0 Å². The third-order valence-electron chi connectivity index (χ3n) is 0. The number of nitrogens with two attached hydrogens (primary N) is 4. The first-order valence-electron chi connectivity index (χ1n) is 0.252. The average Bonchev–Trinajstić information content (AvgIpc) is 0.918. The standard InChI is InChI=1S/Co.2FH.4H2N/h;2*1H;4*1H2/q+3;;;4*-1/p-2. The van der Waals surface area contributed by atoms with Gasteiger partial charge < -0.3 is 24.6 Å². The van der Waals surface area contributed by atoms with E-state index < -0.39 is 15.6 Å². The van der Waals surface area contributed by atoms with E-state index >= 15 is 0 Å². The van der Waals surface area contributed by atoms with Gasteiger partial charge in [0.25, 0.3) is 0 Å². The molecule has 0 aliphatic carbocycles. The van der Waals surface area contributed by atoms with Crippen LogP contribution in [0.4, 0.5) is 7.16 Å². The van der Waals surface area contributed by atoms with E-state index in [1.807, 2.05) is 0 Å². The summed E-state index contributed by atoms with van der Waals surface area (Å²) in [4.78, 5) is 0. The smallest absolute Gasteiger partial charge is 0.693 e. The molecule has 0 spiro atoms. The van der Waals surface area contributed by atoms with Gasteiger partial charge in [0.05, 0.1) is 0 Å². The van der Waals surface area contributed by atoms with Crippen LogP contribution in [-0.2, 0) is 15.6 Å². The molecule has 7 heavy (non-hydrogen) atoms. The summed E-state index contributed by atoms with van der Waals surface area (Å²) < 4.78 is 19.2. The largest absolute Gasteiger partial charge is 0.693 e. The van der Waals surface area contributed by atoms with Crippen molar-refractivity contribution in [1.82, 2.24) is 0 Å². The van der Waals surface area contributed by atoms with Crippen molar-refractivity contribution < 1.29 is 22.8 Å². The maximum atomic E-state index is 9.59. The van der Waals surface area contributed by atoms with Gasteiger partial charge >= 0.3 is 22.8 Å². The molecule has 0 fully saturated rings. The maximum absolute atomic E-state index is 9.59. The second-order valence-corrected chi connectivity index (χ2v) is 0.196. The first-order valence-corrected chi connectivity index (χ1v) is 1.04. The van der Waals surface area contributed by atoms with Gasteiger partial charge in [0, 0.05) is 0 Å². The van der Waals surface area contributed by atoms with Crippen LogP contribution in [0.25, 0.3) is 24.6 Å². The Morgan fingerprint density at radius 1 is 0.714 bits per heavy atom. The first-order chi connectivity index (χ1) is 1.41. The second kappa shape index (κ2) is 116.